The minimum Gasteiger partial charge on any atom is -0.497 e. The molecule has 32 heavy (non-hydrogen) atoms. The predicted molar refractivity (Wildman–Crippen MR) is 137 cm³/mol. The monoisotopic (exact) mass is 495 g/mol. The average molecular weight is 496 g/mol. The van der Waals surface area contributed by atoms with Crippen molar-refractivity contribution < 1.29 is 14.3 Å². The molecule has 0 saturated heterocycles. The summed E-state index contributed by atoms with van der Waals surface area (Å²) in [5.74, 6) is 2.45. The van der Waals surface area contributed by atoms with Gasteiger partial charge in [-0.2, -0.15) is 0 Å². The van der Waals surface area contributed by atoms with Crippen molar-refractivity contribution in [3.05, 3.63) is 42.5 Å². The van der Waals surface area contributed by atoms with Gasteiger partial charge in [-0.25, -0.2) is 4.98 Å². The van der Waals surface area contributed by atoms with Gasteiger partial charge in [0.15, 0.2) is 5.13 Å². The number of benzene rings is 2. The number of ether oxygens (including phenoxy) is 2. The number of carbonyl (C=O) groups is 1. The number of rotatable bonds is 11. The summed E-state index contributed by atoms with van der Waals surface area (Å²) in [7, 11) is 7.40. The largest absolute Gasteiger partial charge is 0.497 e. The summed E-state index contributed by atoms with van der Waals surface area (Å²) < 4.78 is 11.5. The van der Waals surface area contributed by atoms with E-state index >= 15 is 0 Å². The molecule has 1 heterocycles. The molecule has 0 aliphatic heterocycles. The van der Waals surface area contributed by atoms with Gasteiger partial charge in [0.1, 0.15) is 11.5 Å². The van der Waals surface area contributed by atoms with E-state index in [1.54, 1.807) is 26.0 Å². The zero-order chi connectivity index (χ0) is 22.2. The molecule has 0 aliphatic carbocycles. The second-order valence-corrected chi connectivity index (χ2v) is 9.48. The number of halogens is 1. The van der Waals surface area contributed by atoms with E-state index in [0.29, 0.717) is 18.7 Å². The predicted octanol–water partition coefficient (Wildman–Crippen LogP) is 5.20. The molecule has 1 aromatic heterocycles. The van der Waals surface area contributed by atoms with Crippen LogP contribution in [0.25, 0.3) is 10.2 Å². The van der Waals surface area contributed by atoms with Gasteiger partial charge >= 0.3 is 0 Å². The minimum atomic E-state index is 0. The van der Waals surface area contributed by atoms with Gasteiger partial charge in [-0.3, -0.25) is 9.69 Å². The number of hydrogen-bond donors (Lipinski definition) is 0. The van der Waals surface area contributed by atoms with E-state index in [1.165, 1.54) is 11.3 Å². The van der Waals surface area contributed by atoms with Crippen LogP contribution in [-0.2, 0) is 4.79 Å². The van der Waals surface area contributed by atoms with E-state index in [2.05, 4.69) is 4.90 Å². The lowest BCUT2D eigenvalue weighted by Gasteiger charge is -2.21. The summed E-state index contributed by atoms with van der Waals surface area (Å²) in [6, 6.07) is 13.7. The summed E-state index contributed by atoms with van der Waals surface area (Å²) in [6.07, 6.45) is 1.35. The SMILES string of the molecule is COc1ccc(SCCC(=O)N(CCCN(C)C)c2nc3ccc(OC)cc3s2)cc1.Cl. The Hall–Kier alpha value is -2.00. The van der Waals surface area contributed by atoms with E-state index < -0.39 is 0 Å². The highest BCUT2D eigenvalue weighted by Crippen LogP contribution is 2.32. The molecular weight excluding hydrogens is 466 g/mol. The molecule has 2 aromatic carbocycles. The first-order chi connectivity index (χ1) is 15.0. The quantitative estimate of drug-likeness (QED) is 0.341. The molecule has 3 aromatic rings. The summed E-state index contributed by atoms with van der Waals surface area (Å²) in [5, 5.41) is 0.751. The topological polar surface area (TPSA) is 54.9 Å². The minimum absolute atomic E-state index is 0. The number of hydrogen-bond acceptors (Lipinski definition) is 7. The molecule has 174 valence electrons. The van der Waals surface area contributed by atoms with Crippen LogP contribution in [0.5, 0.6) is 11.5 Å². The van der Waals surface area contributed by atoms with Crippen LogP contribution >= 0.6 is 35.5 Å². The zero-order valence-corrected chi connectivity index (χ0v) is 21.3. The third-order valence-electron chi connectivity index (χ3n) is 4.75. The lowest BCUT2D eigenvalue weighted by molar-refractivity contribution is -0.118. The van der Waals surface area contributed by atoms with E-state index in [0.717, 1.165) is 44.7 Å². The zero-order valence-electron chi connectivity index (χ0n) is 18.9. The number of thioether (sulfide) groups is 1. The highest BCUT2D eigenvalue weighted by Gasteiger charge is 2.19. The lowest BCUT2D eigenvalue weighted by Crippen LogP contribution is -2.33. The van der Waals surface area contributed by atoms with Gasteiger partial charge in [0.2, 0.25) is 5.91 Å². The number of nitrogens with zero attached hydrogens (tertiary/aromatic N) is 3. The lowest BCUT2D eigenvalue weighted by atomic mass is 10.3. The fourth-order valence-corrected chi connectivity index (χ4v) is 4.95. The van der Waals surface area contributed by atoms with Crippen molar-refractivity contribution in [2.45, 2.75) is 17.7 Å². The van der Waals surface area contributed by atoms with E-state index in [4.69, 9.17) is 14.5 Å². The first-order valence-electron chi connectivity index (χ1n) is 10.2. The van der Waals surface area contributed by atoms with Crippen LogP contribution in [0.2, 0.25) is 0 Å². The summed E-state index contributed by atoms with van der Waals surface area (Å²) >= 11 is 3.21. The average Bonchev–Trinajstić information content (AvgIpc) is 3.19. The Kier molecular flexibility index (Phi) is 10.6. The van der Waals surface area contributed by atoms with Crippen LogP contribution in [0.1, 0.15) is 12.8 Å². The van der Waals surface area contributed by atoms with Crippen molar-refractivity contribution in [2.24, 2.45) is 0 Å². The molecule has 0 aliphatic rings. The molecule has 9 heteroatoms. The van der Waals surface area contributed by atoms with Crippen LogP contribution < -0.4 is 14.4 Å². The highest BCUT2D eigenvalue weighted by molar-refractivity contribution is 7.99. The van der Waals surface area contributed by atoms with Crippen LogP contribution in [-0.4, -0.2) is 62.9 Å². The Morgan fingerprint density at radius 2 is 1.72 bits per heavy atom. The highest BCUT2D eigenvalue weighted by atomic mass is 35.5. The second kappa shape index (κ2) is 12.9. The number of amides is 1. The van der Waals surface area contributed by atoms with Crippen molar-refractivity contribution in [1.29, 1.82) is 0 Å². The van der Waals surface area contributed by atoms with Gasteiger partial charge < -0.3 is 14.4 Å². The molecule has 1 amide bonds. The smallest absolute Gasteiger partial charge is 0.229 e. The first-order valence-corrected chi connectivity index (χ1v) is 12.0. The van der Waals surface area contributed by atoms with Gasteiger partial charge in [0.25, 0.3) is 0 Å². The van der Waals surface area contributed by atoms with Crippen molar-refractivity contribution in [3.8, 4) is 11.5 Å². The fourth-order valence-electron chi connectivity index (χ4n) is 3.07. The van der Waals surface area contributed by atoms with Crippen molar-refractivity contribution in [3.63, 3.8) is 0 Å². The number of thiazole rings is 1. The number of carbonyl (C=O) groups excluding carboxylic acids is 1. The summed E-state index contributed by atoms with van der Waals surface area (Å²) in [5.41, 5.74) is 0.888. The molecule has 0 fully saturated rings. The Morgan fingerprint density at radius 3 is 2.38 bits per heavy atom. The molecule has 0 bridgehead atoms. The van der Waals surface area contributed by atoms with Crippen molar-refractivity contribution >= 4 is 56.8 Å². The fraction of sp³-hybridized carbons (Fsp3) is 0.391. The van der Waals surface area contributed by atoms with E-state index in [9.17, 15) is 4.79 Å². The molecule has 0 saturated carbocycles. The number of aromatic nitrogens is 1. The molecule has 6 nitrogen and oxygen atoms in total. The van der Waals surface area contributed by atoms with Crippen molar-refractivity contribution in [2.75, 3.05) is 52.1 Å². The van der Waals surface area contributed by atoms with Gasteiger partial charge in [-0.05, 0) is 69.5 Å². The first kappa shape index (κ1) is 26.3. The molecule has 0 unspecified atom stereocenters. The normalized spacial score (nSPS) is 10.8. The van der Waals surface area contributed by atoms with Gasteiger partial charge in [-0.15, -0.1) is 24.2 Å². The maximum absolute atomic E-state index is 13.1. The maximum atomic E-state index is 13.1. The van der Waals surface area contributed by atoms with Crippen LogP contribution in [0.15, 0.2) is 47.4 Å². The number of fused-ring (bicyclic) bond motifs is 1. The Bertz CT molecular complexity index is 996. The summed E-state index contributed by atoms with van der Waals surface area (Å²) in [4.78, 5) is 23.0. The molecule has 0 atom stereocenters. The van der Waals surface area contributed by atoms with Gasteiger partial charge in [0, 0.05) is 23.6 Å². The molecular formula is C23H30ClN3O3S2. The maximum Gasteiger partial charge on any atom is 0.229 e. The van der Waals surface area contributed by atoms with Crippen LogP contribution in [0, 0.1) is 0 Å². The third kappa shape index (κ3) is 7.27. The third-order valence-corrected chi connectivity index (χ3v) is 6.80. The van der Waals surface area contributed by atoms with Crippen molar-refractivity contribution in [1.82, 2.24) is 9.88 Å². The summed E-state index contributed by atoms with van der Waals surface area (Å²) in [6.45, 7) is 1.57. The Morgan fingerprint density at radius 1 is 1.03 bits per heavy atom. The van der Waals surface area contributed by atoms with Crippen LogP contribution in [0.4, 0.5) is 5.13 Å². The van der Waals surface area contributed by atoms with E-state index in [-0.39, 0.29) is 18.3 Å². The standard InChI is InChI=1S/C23H29N3O3S2.ClH/c1-25(2)13-5-14-26(23-24-20-11-8-18(29-4)16-21(20)31-23)22(27)12-15-30-19-9-6-17(28-3)7-10-19;/h6-11,16H,5,12-15H2,1-4H3;1H. The molecule has 0 radical (unpaired) electrons. The van der Waals surface area contributed by atoms with Gasteiger partial charge in [0.05, 0.1) is 24.4 Å². The van der Waals surface area contributed by atoms with Gasteiger partial charge in [-0.1, -0.05) is 11.3 Å². The molecule has 0 N–H and O–H groups in total. The van der Waals surface area contributed by atoms with E-state index in [1.807, 2.05) is 61.5 Å². The number of anilines is 1. The molecule has 3 rings (SSSR count). The van der Waals surface area contributed by atoms with Crippen LogP contribution in [0.3, 0.4) is 0 Å². The molecule has 0 spiro atoms. The Labute approximate surface area is 204 Å². The second-order valence-electron chi connectivity index (χ2n) is 7.31. The Balaban J connectivity index is 0.00000363. The number of methoxy groups -OCH3 is 2.